The fourth-order valence-corrected chi connectivity index (χ4v) is 3.67. The van der Waals surface area contributed by atoms with Crippen molar-refractivity contribution in [3.63, 3.8) is 0 Å². The van der Waals surface area contributed by atoms with Crippen molar-refractivity contribution in [2.75, 3.05) is 6.61 Å². The molecular weight excluding hydrogens is 394 g/mol. The van der Waals surface area contributed by atoms with Crippen LogP contribution < -0.4 is 0 Å². The fraction of sp³-hybridized carbons (Fsp3) is 0.407. The molecule has 0 saturated heterocycles. The Kier molecular flexibility index (Phi) is 8.98. The van der Waals surface area contributed by atoms with Crippen LogP contribution in [0, 0.1) is 5.82 Å². The van der Waals surface area contributed by atoms with Crippen LogP contribution in [0.2, 0.25) is 0 Å². The summed E-state index contributed by atoms with van der Waals surface area (Å²) in [5.74, 6) is -1.82. The van der Waals surface area contributed by atoms with Crippen molar-refractivity contribution in [2.45, 2.75) is 64.0 Å². The van der Waals surface area contributed by atoms with Crippen LogP contribution in [0.5, 0.6) is 0 Å². The van der Waals surface area contributed by atoms with Gasteiger partial charge in [0.1, 0.15) is 5.82 Å². The standard InChI is InChI=1S/C27H32F2O2/c1-2-3-4-5-6-10-18-30-27(31-21-22-12-8-7-9-13-22)17-16-24(20-26(27)29)23-14-11-15-25(28)19-23/h7-9,11-17,19-20,26H,2-6,10,18,21H2,1H3. The summed E-state index contributed by atoms with van der Waals surface area (Å²) in [5, 5.41) is 0. The lowest BCUT2D eigenvalue weighted by Crippen LogP contribution is -2.44. The van der Waals surface area contributed by atoms with Gasteiger partial charge in [0, 0.05) is 0 Å². The summed E-state index contributed by atoms with van der Waals surface area (Å²) < 4.78 is 41.1. The molecule has 4 heteroatoms. The van der Waals surface area contributed by atoms with E-state index in [0.29, 0.717) is 17.7 Å². The molecule has 1 aliphatic carbocycles. The van der Waals surface area contributed by atoms with Crippen LogP contribution in [0.1, 0.15) is 56.6 Å². The predicted molar refractivity (Wildman–Crippen MR) is 122 cm³/mol. The fourth-order valence-electron chi connectivity index (χ4n) is 3.67. The van der Waals surface area contributed by atoms with Gasteiger partial charge in [-0.1, -0.05) is 87.6 Å². The van der Waals surface area contributed by atoms with Crippen molar-refractivity contribution in [2.24, 2.45) is 0 Å². The zero-order valence-electron chi connectivity index (χ0n) is 18.2. The molecule has 2 nitrogen and oxygen atoms in total. The quantitative estimate of drug-likeness (QED) is 0.260. The number of ether oxygens (including phenoxy) is 2. The van der Waals surface area contributed by atoms with E-state index in [9.17, 15) is 4.39 Å². The highest BCUT2D eigenvalue weighted by atomic mass is 19.1. The highest BCUT2D eigenvalue weighted by Gasteiger charge is 2.40. The first kappa shape index (κ1) is 23.4. The van der Waals surface area contributed by atoms with Gasteiger partial charge in [0.25, 0.3) is 0 Å². The summed E-state index contributed by atoms with van der Waals surface area (Å²) >= 11 is 0. The third-order valence-corrected chi connectivity index (χ3v) is 5.50. The second-order valence-corrected chi connectivity index (χ2v) is 7.98. The Labute approximate surface area is 184 Å². The predicted octanol–water partition coefficient (Wildman–Crippen LogP) is 7.41. The van der Waals surface area contributed by atoms with Gasteiger partial charge < -0.3 is 9.47 Å². The van der Waals surface area contributed by atoms with E-state index >= 15 is 4.39 Å². The van der Waals surface area contributed by atoms with Crippen LogP contribution in [-0.2, 0) is 16.1 Å². The van der Waals surface area contributed by atoms with E-state index in [2.05, 4.69) is 6.92 Å². The maximum Gasteiger partial charge on any atom is 0.224 e. The van der Waals surface area contributed by atoms with Gasteiger partial charge in [0.2, 0.25) is 5.79 Å². The molecule has 31 heavy (non-hydrogen) atoms. The van der Waals surface area contributed by atoms with Crippen molar-refractivity contribution < 1.29 is 18.3 Å². The summed E-state index contributed by atoms with van der Waals surface area (Å²) in [6.07, 6.45) is 10.1. The highest BCUT2D eigenvalue weighted by molar-refractivity contribution is 5.76. The lowest BCUT2D eigenvalue weighted by Gasteiger charge is -2.35. The van der Waals surface area contributed by atoms with E-state index in [4.69, 9.17) is 9.47 Å². The topological polar surface area (TPSA) is 18.5 Å². The van der Waals surface area contributed by atoms with Gasteiger partial charge >= 0.3 is 0 Å². The molecule has 2 unspecified atom stereocenters. The first-order chi connectivity index (χ1) is 15.1. The molecule has 2 atom stereocenters. The molecule has 2 aromatic rings. The zero-order valence-corrected chi connectivity index (χ0v) is 18.2. The van der Waals surface area contributed by atoms with Crippen LogP contribution in [0.4, 0.5) is 8.78 Å². The largest absolute Gasteiger partial charge is 0.344 e. The average molecular weight is 427 g/mol. The first-order valence-corrected chi connectivity index (χ1v) is 11.3. The van der Waals surface area contributed by atoms with Gasteiger partial charge in [-0.05, 0) is 47.4 Å². The molecule has 0 amide bonds. The maximum atomic E-state index is 15.4. The molecule has 0 bridgehead atoms. The smallest absolute Gasteiger partial charge is 0.224 e. The monoisotopic (exact) mass is 426 g/mol. The lowest BCUT2D eigenvalue weighted by molar-refractivity contribution is -0.235. The van der Waals surface area contributed by atoms with E-state index in [1.807, 2.05) is 30.3 Å². The number of hydrogen-bond donors (Lipinski definition) is 0. The zero-order chi connectivity index (χ0) is 21.9. The Morgan fingerprint density at radius 2 is 1.68 bits per heavy atom. The van der Waals surface area contributed by atoms with Crippen molar-refractivity contribution in [1.29, 1.82) is 0 Å². The molecule has 166 valence electrons. The second-order valence-electron chi connectivity index (χ2n) is 7.98. The minimum Gasteiger partial charge on any atom is -0.344 e. The molecule has 2 aromatic carbocycles. The molecule has 1 aliphatic rings. The number of benzene rings is 2. The average Bonchev–Trinajstić information content (AvgIpc) is 2.79. The Morgan fingerprint density at radius 1 is 0.903 bits per heavy atom. The van der Waals surface area contributed by atoms with Gasteiger partial charge in [0.05, 0.1) is 13.2 Å². The molecular formula is C27H32F2O2. The van der Waals surface area contributed by atoms with Gasteiger partial charge in [-0.15, -0.1) is 0 Å². The number of rotatable bonds is 12. The molecule has 0 N–H and O–H groups in total. The van der Waals surface area contributed by atoms with Gasteiger partial charge in [-0.2, -0.15) is 0 Å². The molecule has 0 aromatic heterocycles. The molecule has 0 aliphatic heterocycles. The Morgan fingerprint density at radius 3 is 2.42 bits per heavy atom. The van der Waals surface area contributed by atoms with Crippen LogP contribution in [0.3, 0.4) is 0 Å². The summed E-state index contributed by atoms with van der Waals surface area (Å²) in [6.45, 7) is 2.86. The molecule has 0 spiro atoms. The Balaban J connectivity index is 1.67. The number of unbranched alkanes of at least 4 members (excludes halogenated alkanes) is 5. The van der Waals surface area contributed by atoms with Gasteiger partial charge in [0.15, 0.2) is 6.17 Å². The van der Waals surface area contributed by atoms with E-state index in [1.165, 1.54) is 37.5 Å². The Bertz CT molecular complexity index is 863. The molecule has 0 saturated carbocycles. The molecule has 0 fully saturated rings. The number of alkyl halides is 1. The van der Waals surface area contributed by atoms with Crippen LogP contribution >= 0.6 is 0 Å². The SMILES string of the molecule is CCCCCCCCOC1(OCc2ccccc2)C=CC(c2cccc(F)c2)=CC1F. The van der Waals surface area contributed by atoms with Crippen molar-refractivity contribution in [3.8, 4) is 0 Å². The van der Waals surface area contributed by atoms with Crippen LogP contribution in [0.25, 0.3) is 5.57 Å². The van der Waals surface area contributed by atoms with E-state index in [0.717, 1.165) is 24.8 Å². The van der Waals surface area contributed by atoms with Crippen molar-refractivity contribution in [1.82, 2.24) is 0 Å². The highest BCUT2D eigenvalue weighted by Crippen LogP contribution is 2.34. The number of halogens is 2. The minimum atomic E-state index is -1.50. The molecule has 0 heterocycles. The lowest BCUT2D eigenvalue weighted by atomic mass is 9.94. The number of allylic oxidation sites excluding steroid dienone is 2. The van der Waals surface area contributed by atoms with Crippen molar-refractivity contribution >= 4 is 5.57 Å². The maximum absolute atomic E-state index is 15.4. The Hall–Kier alpha value is -2.30. The second kappa shape index (κ2) is 11.9. The van der Waals surface area contributed by atoms with Crippen molar-refractivity contribution in [3.05, 3.63) is 89.8 Å². The van der Waals surface area contributed by atoms with Gasteiger partial charge in [-0.25, -0.2) is 8.78 Å². The number of hydrogen-bond acceptors (Lipinski definition) is 2. The summed E-state index contributed by atoms with van der Waals surface area (Å²) in [4.78, 5) is 0. The van der Waals surface area contributed by atoms with E-state index in [1.54, 1.807) is 24.3 Å². The van der Waals surface area contributed by atoms with Gasteiger partial charge in [-0.3, -0.25) is 0 Å². The van der Waals surface area contributed by atoms with E-state index in [-0.39, 0.29) is 12.4 Å². The van der Waals surface area contributed by atoms with Crippen LogP contribution in [-0.4, -0.2) is 18.6 Å². The third-order valence-electron chi connectivity index (χ3n) is 5.50. The normalized spacial score (nSPS) is 20.6. The summed E-state index contributed by atoms with van der Waals surface area (Å²) in [7, 11) is 0. The van der Waals surface area contributed by atoms with Crippen LogP contribution in [0.15, 0.2) is 72.8 Å². The minimum absolute atomic E-state index is 0.241. The molecule has 0 radical (unpaired) electrons. The summed E-state index contributed by atoms with van der Waals surface area (Å²) in [6, 6.07) is 15.8. The summed E-state index contributed by atoms with van der Waals surface area (Å²) in [5.41, 5.74) is 2.20. The third kappa shape index (κ3) is 6.84. The first-order valence-electron chi connectivity index (χ1n) is 11.3. The molecule has 3 rings (SSSR count). The van der Waals surface area contributed by atoms with E-state index < -0.39 is 12.0 Å².